The van der Waals surface area contributed by atoms with Crippen molar-refractivity contribution >= 4 is 11.6 Å². The molecule has 0 radical (unpaired) electrons. The third-order valence-electron chi connectivity index (χ3n) is 5.16. The Hall–Kier alpha value is -2.42. The number of hydrogen-bond acceptors (Lipinski definition) is 8. The minimum absolute atomic E-state index is 0.529. The van der Waals surface area contributed by atoms with Gasteiger partial charge in [-0.15, -0.1) is 0 Å². The predicted octanol–water partition coefficient (Wildman–Crippen LogP) is 1.69. The molecule has 1 saturated heterocycles. The first-order chi connectivity index (χ1) is 14.5. The molecule has 1 aliphatic heterocycles. The molecule has 1 aliphatic rings. The van der Waals surface area contributed by atoms with Gasteiger partial charge in [-0.2, -0.15) is 0 Å². The van der Waals surface area contributed by atoms with Crippen molar-refractivity contribution in [1.29, 1.82) is 0 Å². The van der Waals surface area contributed by atoms with Gasteiger partial charge in [-0.3, -0.25) is 0 Å². The fourth-order valence-corrected chi connectivity index (χ4v) is 3.46. The van der Waals surface area contributed by atoms with Gasteiger partial charge in [0, 0.05) is 52.9 Å². The molecular weight excluding hydrogens is 382 g/mol. The first kappa shape index (κ1) is 22.3. The van der Waals surface area contributed by atoms with Gasteiger partial charge in [0.1, 0.15) is 30.3 Å². The van der Waals surface area contributed by atoms with Gasteiger partial charge in [-0.05, 0) is 31.0 Å². The SMILES string of the molecule is CCOCCOc1ccc(CNC[C@]2(O)CCN(c3cc(N(C)C)ncn3)C2)cc1. The van der Waals surface area contributed by atoms with Crippen LogP contribution < -0.4 is 19.9 Å². The zero-order valence-corrected chi connectivity index (χ0v) is 18.2. The molecule has 1 aromatic heterocycles. The van der Waals surface area contributed by atoms with Crippen molar-refractivity contribution in [3.63, 3.8) is 0 Å². The summed E-state index contributed by atoms with van der Waals surface area (Å²) in [7, 11) is 3.91. The number of benzene rings is 1. The van der Waals surface area contributed by atoms with Crippen LogP contribution >= 0.6 is 0 Å². The zero-order valence-electron chi connectivity index (χ0n) is 18.2. The molecule has 1 atom stereocenters. The fraction of sp³-hybridized carbons (Fsp3) is 0.545. The van der Waals surface area contributed by atoms with E-state index in [0.29, 0.717) is 45.9 Å². The first-order valence-electron chi connectivity index (χ1n) is 10.5. The summed E-state index contributed by atoms with van der Waals surface area (Å²) in [5, 5.41) is 14.4. The number of hydrogen-bond donors (Lipinski definition) is 2. The standard InChI is InChI=1S/C22H33N5O3/c1-4-29-11-12-30-19-7-5-18(6-8-19)14-23-15-22(28)9-10-27(16-22)21-13-20(26(2)3)24-17-25-21/h5-8,13,17,23,28H,4,9-12,14-16H2,1-3H3/t22-/m1/s1. The lowest BCUT2D eigenvalue weighted by atomic mass is 10.0. The smallest absolute Gasteiger partial charge is 0.134 e. The maximum absolute atomic E-state index is 11.0. The largest absolute Gasteiger partial charge is 0.491 e. The van der Waals surface area contributed by atoms with Crippen molar-refractivity contribution < 1.29 is 14.6 Å². The Kier molecular flexibility index (Phi) is 7.84. The van der Waals surface area contributed by atoms with Gasteiger partial charge >= 0.3 is 0 Å². The Morgan fingerprint density at radius 2 is 2.00 bits per heavy atom. The van der Waals surface area contributed by atoms with Crippen LogP contribution in [0.25, 0.3) is 0 Å². The van der Waals surface area contributed by atoms with E-state index >= 15 is 0 Å². The van der Waals surface area contributed by atoms with Crippen LogP contribution in [0.5, 0.6) is 5.75 Å². The number of aromatic nitrogens is 2. The maximum atomic E-state index is 11.0. The van der Waals surface area contributed by atoms with Crippen molar-refractivity contribution in [2.45, 2.75) is 25.5 Å². The molecule has 0 saturated carbocycles. The molecular formula is C22H33N5O3. The van der Waals surface area contributed by atoms with Crippen LogP contribution in [0.2, 0.25) is 0 Å². The van der Waals surface area contributed by atoms with Crippen LogP contribution in [0, 0.1) is 0 Å². The highest BCUT2D eigenvalue weighted by Crippen LogP contribution is 2.26. The van der Waals surface area contributed by atoms with E-state index in [2.05, 4.69) is 20.2 Å². The van der Waals surface area contributed by atoms with E-state index in [0.717, 1.165) is 29.5 Å². The minimum atomic E-state index is -0.772. The number of anilines is 2. The van der Waals surface area contributed by atoms with E-state index in [1.54, 1.807) is 6.33 Å². The summed E-state index contributed by atoms with van der Waals surface area (Å²) in [6, 6.07) is 9.96. The van der Waals surface area contributed by atoms with Gasteiger partial charge in [0.15, 0.2) is 0 Å². The molecule has 1 fully saturated rings. The van der Waals surface area contributed by atoms with E-state index in [9.17, 15) is 5.11 Å². The van der Waals surface area contributed by atoms with Crippen LogP contribution in [-0.4, -0.2) is 74.2 Å². The molecule has 2 aromatic rings. The fourth-order valence-electron chi connectivity index (χ4n) is 3.46. The van der Waals surface area contributed by atoms with Crippen molar-refractivity contribution in [2.24, 2.45) is 0 Å². The molecule has 2 N–H and O–H groups in total. The Labute approximate surface area is 178 Å². The van der Waals surface area contributed by atoms with Crippen molar-refractivity contribution in [3.8, 4) is 5.75 Å². The third-order valence-corrected chi connectivity index (χ3v) is 5.16. The molecule has 30 heavy (non-hydrogen) atoms. The molecule has 0 unspecified atom stereocenters. The van der Waals surface area contributed by atoms with Gasteiger partial charge in [0.2, 0.25) is 0 Å². The molecule has 0 spiro atoms. The van der Waals surface area contributed by atoms with Crippen LogP contribution in [0.4, 0.5) is 11.6 Å². The number of rotatable bonds is 11. The van der Waals surface area contributed by atoms with Crippen molar-refractivity contribution in [3.05, 3.63) is 42.2 Å². The highest BCUT2D eigenvalue weighted by molar-refractivity contribution is 5.50. The predicted molar refractivity (Wildman–Crippen MR) is 118 cm³/mol. The van der Waals surface area contributed by atoms with Crippen molar-refractivity contribution in [1.82, 2.24) is 15.3 Å². The second-order valence-corrected chi connectivity index (χ2v) is 7.82. The Morgan fingerprint density at radius 1 is 1.20 bits per heavy atom. The third kappa shape index (κ3) is 6.29. The summed E-state index contributed by atoms with van der Waals surface area (Å²) in [6.45, 7) is 6.37. The lowest BCUT2D eigenvalue weighted by molar-refractivity contribution is 0.0626. The first-order valence-corrected chi connectivity index (χ1v) is 10.5. The number of β-amino-alcohol motifs (C(OH)–C–C–N with tert-alkyl or cyclic N) is 1. The van der Waals surface area contributed by atoms with Gasteiger partial charge in [0.05, 0.1) is 12.2 Å². The summed E-state index contributed by atoms with van der Waals surface area (Å²) in [5.41, 5.74) is 0.378. The molecule has 3 rings (SSSR count). The highest BCUT2D eigenvalue weighted by atomic mass is 16.5. The molecule has 8 nitrogen and oxygen atoms in total. The topological polar surface area (TPSA) is 83.0 Å². The van der Waals surface area contributed by atoms with E-state index in [-0.39, 0.29) is 0 Å². The molecule has 8 heteroatoms. The van der Waals surface area contributed by atoms with Gasteiger partial charge < -0.3 is 29.7 Å². The Balaban J connectivity index is 1.44. The second kappa shape index (κ2) is 10.6. The summed E-state index contributed by atoms with van der Waals surface area (Å²) >= 11 is 0. The molecule has 1 aromatic carbocycles. The molecule has 164 valence electrons. The van der Waals surface area contributed by atoms with Crippen LogP contribution in [-0.2, 0) is 11.3 Å². The number of nitrogens with one attached hydrogen (secondary N) is 1. The van der Waals surface area contributed by atoms with Gasteiger partial charge in [0.25, 0.3) is 0 Å². The van der Waals surface area contributed by atoms with E-state index in [1.807, 2.05) is 56.3 Å². The van der Waals surface area contributed by atoms with Crippen molar-refractivity contribution in [2.75, 3.05) is 63.4 Å². The molecule has 2 heterocycles. The molecule has 0 amide bonds. The molecule has 0 bridgehead atoms. The summed E-state index contributed by atoms with van der Waals surface area (Å²) in [6.07, 6.45) is 2.28. The Morgan fingerprint density at radius 3 is 2.73 bits per heavy atom. The van der Waals surface area contributed by atoms with E-state index in [1.165, 1.54) is 0 Å². The highest BCUT2D eigenvalue weighted by Gasteiger charge is 2.36. The van der Waals surface area contributed by atoms with E-state index in [4.69, 9.17) is 9.47 Å². The quantitative estimate of drug-likeness (QED) is 0.537. The number of nitrogens with zero attached hydrogens (tertiary/aromatic N) is 4. The normalized spacial score (nSPS) is 18.6. The monoisotopic (exact) mass is 415 g/mol. The lowest BCUT2D eigenvalue weighted by Gasteiger charge is -2.24. The number of aliphatic hydroxyl groups is 1. The maximum Gasteiger partial charge on any atom is 0.134 e. The summed E-state index contributed by atoms with van der Waals surface area (Å²) in [4.78, 5) is 12.7. The average Bonchev–Trinajstić information content (AvgIpc) is 3.14. The Bertz CT molecular complexity index is 787. The average molecular weight is 416 g/mol. The summed E-state index contributed by atoms with van der Waals surface area (Å²) in [5.74, 6) is 2.55. The van der Waals surface area contributed by atoms with Crippen LogP contribution in [0.15, 0.2) is 36.7 Å². The summed E-state index contributed by atoms with van der Waals surface area (Å²) < 4.78 is 10.9. The lowest BCUT2D eigenvalue weighted by Crippen LogP contribution is -2.43. The minimum Gasteiger partial charge on any atom is -0.491 e. The second-order valence-electron chi connectivity index (χ2n) is 7.82. The number of ether oxygens (including phenoxy) is 2. The van der Waals surface area contributed by atoms with E-state index < -0.39 is 5.60 Å². The van der Waals surface area contributed by atoms with Gasteiger partial charge in [-0.1, -0.05) is 12.1 Å². The molecule has 0 aliphatic carbocycles. The van der Waals surface area contributed by atoms with Gasteiger partial charge in [-0.25, -0.2) is 9.97 Å². The van der Waals surface area contributed by atoms with Crippen LogP contribution in [0.1, 0.15) is 18.9 Å². The zero-order chi connectivity index (χ0) is 21.4. The van der Waals surface area contributed by atoms with Crippen LogP contribution in [0.3, 0.4) is 0 Å².